The summed E-state index contributed by atoms with van der Waals surface area (Å²) in [6.45, 7) is 2.83. The second kappa shape index (κ2) is 7.58. The van der Waals surface area contributed by atoms with Crippen LogP contribution in [0.1, 0.15) is 39.0 Å². The molecule has 0 unspecified atom stereocenters. The molecule has 1 aliphatic carbocycles. The van der Waals surface area contributed by atoms with Gasteiger partial charge in [0.1, 0.15) is 0 Å². The Kier molecular flexibility index (Phi) is 5.44. The molecule has 1 aliphatic rings. The van der Waals surface area contributed by atoms with Crippen LogP contribution in [0.4, 0.5) is 5.69 Å². The van der Waals surface area contributed by atoms with Crippen molar-refractivity contribution >= 4 is 15.7 Å². The summed E-state index contributed by atoms with van der Waals surface area (Å²) in [5, 5.41) is 3.63. The molecule has 0 spiro atoms. The Morgan fingerprint density at radius 2 is 2.00 bits per heavy atom. The third kappa shape index (κ3) is 3.88. The van der Waals surface area contributed by atoms with E-state index in [1.54, 1.807) is 24.7 Å². The van der Waals surface area contributed by atoms with Crippen LogP contribution in [0.25, 0.3) is 11.3 Å². The largest absolute Gasteiger partial charge is 0.382 e. The topological polar surface area (TPSA) is 76.0 Å². The predicted molar refractivity (Wildman–Crippen MR) is 100 cm³/mol. The normalized spacial score (nSPS) is 16.1. The summed E-state index contributed by atoms with van der Waals surface area (Å²) in [7, 11) is -2.06. The lowest BCUT2D eigenvalue weighted by Crippen LogP contribution is -2.23. The van der Waals surface area contributed by atoms with Crippen LogP contribution >= 0.6 is 0 Å². The number of aryl methyl sites for hydroxylation is 1. The Hall–Kier alpha value is -1.86. The SMILES string of the molecule is CCn1cncc1-c1cc(S(=O)(=O)NC)ccc1NC1CCCCC1. The van der Waals surface area contributed by atoms with E-state index in [1.165, 1.54) is 26.3 Å². The first-order valence-electron chi connectivity index (χ1n) is 8.90. The van der Waals surface area contributed by atoms with Gasteiger partial charge in [-0.3, -0.25) is 0 Å². The van der Waals surface area contributed by atoms with Crippen LogP contribution in [0.3, 0.4) is 0 Å². The number of benzene rings is 1. The molecule has 7 heteroatoms. The van der Waals surface area contributed by atoms with E-state index in [4.69, 9.17) is 0 Å². The van der Waals surface area contributed by atoms with E-state index in [-0.39, 0.29) is 4.90 Å². The fourth-order valence-corrected chi connectivity index (χ4v) is 4.17. The average molecular weight is 362 g/mol. The fourth-order valence-electron chi connectivity index (χ4n) is 3.41. The highest BCUT2D eigenvalue weighted by Gasteiger charge is 2.19. The van der Waals surface area contributed by atoms with Gasteiger partial charge in [0.05, 0.1) is 23.1 Å². The van der Waals surface area contributed by atoms with E-state index >= 15 is 0 Å². The molecule has 136 valence electrons. The molecule has 0 radical (unpaired) electrons. The summed E-state index contributed by atoms with van der Waals surface area (Å²) in [6.07, 6.45) is 9.66. The molecule has 3 rings (SSSR count). The van der Waals surface area contributed by atoms with Crippen molar-refractivity contribution in [2.45, 2.75) is 56.5 Å². The minimum atomic E-state index is -3.49. The second-order valence-electron chi connectivity index (χ2n) is 6.46. The highest BCUT2D eigenvalue weighted by Crippen LogP contribution is 2.32. The standard InChI is InChI=1S/C18H26N4O2S/c1-3-22-13-20-12-18(22)16-11-15(25(23,24)19-2)9-10-17(16)21-14-7-5-4-6-8-14/h9-14,19,21H,3-8H2,1-2H3. The zero-order valence-corrected chi connectivity index (χ0v) is 15.6. The number of nitrogens with zero attached hydrogens (tertiary/aromatic N) is 2. The van der Waals surface area contributed by atoms with Crippen LogP contribution in [-0.4, -0.2) is 31.1 Å². The van der Waals surface area contributed by atoms with Crippen LogP contribution in [0.15, 0.2) is 35.6 Å². The fraction of sp³-hybridized carbons (Fsp3) is 0.500. The first-order chi connectivity index (χ1) is 12.0. The molecule has 0 saturated heterocycles. The summed E-state index contributed by atoms with van der Waals surface area (Å²) in [5.41, 5.74) is 2.77. The number of hydrogen-bond acceptors (Lipinski definition) is 4. The van der Waals surface area contributed by atoms with Gasteiger partial charge in [0.15, 0.2) is 0 Å². The van der Waals surface area contributed by atoms with Gasteiger partial charge in [-0.05, 0) is 45.0 Å². The molecule has 2 aromatic rings. The third-order valence-corrected chi connectivity index (χ3v) is 6.28. The third-order valence-electron chi connectivity index (χ3n) is 4.86. The van der Waals surface area contributed by atoms with Gasteiger partial charge in [0.2, 0.25) is 10.0 Å². The van der Waals surface area contributed by atoms with Crippen molar-refractivity contribution < 1.29 is 8.42 Å². The molecule has 25 heavy (non-hydrogen) atoms. The van der Waals surface area contributed by atoms with E-state index in [1.807, 2.05) is 17.6 Å². The molecular weight excluding hydrogens is 336 g/mol. The number of hydrogen-bond donors (Lipinski definition) is 2. The summed E-state index contributed by atoms with van der Waals surface area (Å²) in [6, 6.07) is 5.71. The number of aromatic nitrogens is 2. The van der Waals surface area contributed by atoms with Crippen molar-refractivity contribution in [1.82, 2.24) is 14.3 Å². The van der Waals surface area contributed by atoms with Gasteiger partial charge in [0, 0.05) is 23.8 Å². The Balaban J connectivity index is 2.04. The maximum Gasteiger partial charge on any atom is 0.240 e. The summed E-state index contributed by atoms with van der Waals surface area (Å²) in [4.78, 5) is 4.51. The molecular formula is C18H26N4O2S. The van der Waals surface area contributed by atoms with Crippen molar-refractivity contribution in [3.05, 3.63) is 30.7 Å². The number of rotatable bonds is 6. The molecule has 2 N–H and O–H groups in total. The maximum atomic E-state index is 12.2. The van der Waals surface area contributed by atoms with Crippen molar-refractivity contribution in [1.29, 1.82) is 0 Å². The van der Waals surface area contributed by atoms with Crippen molar-refractivity contribution in [3.8, 4) is 11.3 Å². The van der Waals surface area contributed by atoms with Gasteiger partial charge in [-0.15, -0.1) is 0 Å². The lowest BCUT2D eigenvalue weighted by Gasteiger charge is -2.25. The molecule has 0 bridgehead atoms. The average Bonchev–Trinajstić information content (AvgIpc) is 3.11. The van der Waals surface area contributed by atoms with Gasteiger partial charge < -0.3 is 9.88 Å². The molecule has 0 amide bonds. The quantitative estimate of drug-likeness (QED) is 0.827. The Bertz CT molecular complexity index is 823. The summed E-state index contributed by atoms with van der Waals surface area (Å²) in [5.74, 6) is 0. The van der Waals surface area contributed by atoms with Crippen LogP contribution < -0.4 is 10.0 Å². The smallest absolute Gasteiger partial charge is 0.240 e. The molecule has 0 atom stereocenters. The van der Waals surface area contributed by atoms with E-state index in [0.29, 0.717) is 6.04 Å². The van der Waals surface area contributed by atoms with Crippen LogP contribution in [0.5, 0.6) is 0 Å². The molecule has 1 aromatic carbocycles. The monoisotopic (exact) mass is 362 g/mol. The van der Waals surface area contributed by atoms with E-state index in [9.17, 15) is 8.42 Å². The minimum absolute atomic E-state index is 0.267. The maximum absolute atomic E-state index is 12.2. The van der Waals surface area contributed by atoms with Crippen LogP contribution in [0, 0.1) is 0 Å². The van der Waals surface area contributed by atoms with E-state index < -0.39 is 10.0 Å². The molecule has 6 nitrogen and oxygen atoms in total. The first kappa shape index (κ1) is 17.9. The number of anilines is 1. The summed E-state index contributed by atoms with van der Waals surface area (Å²) < 4.78 is 28.9. The number of nitrogens with one attached hydrogen (secondary N) is 2. The zero-order valence-electron chi connectivity index (χ0n) is 14.8. The highest BCUT2D eigenvalue weighted by molar-refractivity contribution is 7.89. The first-order valence-corrected chi connectivity index (χ1v) is 10.4. The Morgan fingerprint density at radius 1 is 1.24 bits per heavy atom. The van der Waals surface area contributed by atoms with Crippen molar-refractivity contribution in [2.75, 3.05) is 12.4 Å². The van der Waals surface area contributed by atoms with Crippen LogP contribution in [0.2, 0.25) is 0 Å². The zero-order chi connectivity index (χ0) is 17.9. The molecule has 0 aliphatic heterocycles. The van der Waals surface area contributed by atoms with Gasteiger partial charge in [-0.2, -0.15) is 0 Å². The molecule has 1 saturated carbocycles. The second-order valence-corrected chi connectivity index (χ2v) is 8.35. The van der Waals surface area contributed by atoms with Crippen molar-refractivity contribution in [3.63, 3.8) is 0 Å². The Labute approximate surface area is 149 Å². The molecule has 1 aromatic heterocycles. The van der Waals surface area contributed by atoms with E-state index in [2.05, 4.69) is 15.0 Å². The number of imidazole rings is 1. The highest BCUT2D eigenvalue weighted by atomic mass is 32.2. The van der Waals surface area contributed by atoms with Crippen molar-refractivity contribution in [2.24, 2.45) is 0 Å². The van der Waals surface area contributed by atoms with Gasteiger partial charge in [-0.1, -0.05) is 19.3 Å². The van der Waals surface area contributed by atoms with E-state index in [0.717, 1.165) is 36.3 Å². The summed E-state index contributed by atoms with van der Waals surface area (Å²) >= 11 is 0. The predicted octanol–water partition coefficient (Wildman–Crippen LogP) is 3.22. The lowest BCUT2D eigenvalue weighted by molar-refractivity contribution is 0.463. The minimum Gasteiger partial charge on any atom is -0.382 e. The Morgan fingerprint density at radius 3 is 2.68 bits per heavy atom. The molecule has 1 heterocycles. The van der Waals surface area contributed by atoms with Gasteiger partial charge >= 0.3 is 0 Å². The van der Waals surface area contributed by atoms with Gasteiger partial charge in [-0.25, -0.2) is 18.1 Å². The number of sulfonamides is 1. The lowest BCUT2D eigenvalue weighted by atomic mass is 9.95. The van der Waals surface area contributed by atoms with Gasteiger partial charge in [0.25, 0.3) is 0 Å². The molecule has 1 fully saturated rings. The van der Waals surface area contributed by atoms with Crippen LogP contribution in [-0.2, 0) is 16.6 Å².